The van der Waals surface area contributed by atoms with Crippen molar-refractivity contribution in [2.45, 2.75) is 32.7 Å². The van der Waals surface area contributed by atoms with Crippen LogP contribution in [0.15, 0.2) is 0 Å². The minimum absolute atomic E-state index is 0.0173. The number of hydrogen-bond acceptors (Lipinski definition) is 4. The number of esters is 1. The molecule has 0 radical (unpaired) electrons. The van der Waals surface area contributed by atoms with E-state index in [9.17, 15) is 9.59 Å². The van der Waals surface area contributed by atoms with E-state index < -0.39 is 0 Å². The van der Waals surface area contributed by atoms with Gasteiger partial charge in [-0.1, -0.05) is 0 Å². The summed E-state index contributed by atoms with van der Waals surface area (Å²) in [5.41, 5.74) is 5.24. The van der Waals surface area contributed by atoms with E-state index in [0.29, 0.717) is 6.61 Å². The molecule has 0 spiro atoms. The van der Waals surface area contributed by atoms with Gasteiger partial charge in [0, 0.05) is 0 Å². The minimum Gasteiger partial charge on any atom is -0.466 e. The Hall–Kier alpha value is -1.10. The van der Waals surface area contributed by atoms with Crippen molar-refractivity contribution in [2.24, 2.45) is 11.7 Å². The molecule has 1 amide bonds. The van der Waals surface area contributed by atoms with E-state index in [2.05, 4.69) is 0 Å². The molecular formula is C11H20N2O3. The molecule has 5 nitrogen and oxygen atoms in total. The summed E-state index contributed by atoms with van der Waals surface area (Å²) in [6, 6.07) is -0.247. The van der Waals surface area contributed by atoms with E-state index in [0.717, 1.165) is 25.9 Å². The number of carbonyl (C=O) groups is 2. The van der Waals surface area contributed by atoms with Crippen LogP contribution in [0.5, 0.6) is 0 Å². The summed E-state index contributed by atoms with van der Waals surface area (Å²) in [7, 11) is 0. The lowest BCUT2D eigenvalue weighted by Crippen LogP contribution is -2.47. The van der Waals surface area contributed by atoms with Crippen LogP contribution in [-0.4, -0.2) is 42.5 Å². The van der Waals surface area contributed by atoms with E-state index in [1.54, 1.807) is 6.92 Å². The average molecular weight is 228 g/mol. The van der Waals surface area contributed by atoms with Crippen LogP contribution in [0.25, 0.3) is 0 Å². The fourth-order valence-electron chi connectivity index (χ4n) is 1.96. The minimum atomic E-state index is -0.311. The molecule has 1 aliphatic heterocycles. The topological polar surface area (TPSA) is 72.6 Å². The first-order chi connectivity index (χ1) is 7.56. The largest absolute Gasteiger partial charge is 0.466 e. The van der Waals surface area contributed by atoms with Crippen molar-refractivity contribution in [3.63, 3.8) is 0 Å². The van der Waals surface area contributed by atoms with E-state index in [1.165, 1.54) is 0 Å². The molecule has 1 atom stereocenters. The Morgan fingerprint density at radius 2 is 2.00 bits per heavy atom. The molecule has 1 rings (SSSR count). The molecule has 0 aliphatic carbocycles. The Morgan fingerprint density at radius 1 is 1.44 bits per heavy atom. The third kappa shape index (κ3) is 3.20. The molecule has 0 aromatic heterocycles. The van der Waals surface area contributed by atoms with Crippen LogP contribution in [0.2, 0.25) is 0 Å². The first-order valence-corrected chi connectivity index (χ1v) is 5.76. The second-order valence-electron chi connectivity index (χ2n) is 4.14. The zero-order valence-corrected chi connectivity index (χ0v) is 9.94. The van der Waals surface area contributed by atoms with Crippen molar-refractivity contribution in [3.05, 3.63) is 0 Å². The predicted molar refractivity (Wildman–Crippen MR) is 59.6 cm³/mol. The highest BCUT2D eigenvalue weighted by Gasteiger charge is 2.29. The van der Waals surface area contributed by atoms with Crippen molar-refractivity contribution in [3.8, 4) is 0 Å². The lowest BCUT2D eigenvalue weighted by molar-refractivity contribution is -0.149. The Kier molecular flexibility index (Phi) is 4.73. The molecule has 1 fully saturated rings. The third-order valence-corrected chi connectivity index (χ3v) is 3.11. The van der Waals surface area contributed by atoms with Crippen LogP contribution < -0.4 is 5.73 Å². The number of nitrogens with two attached hydrogens (primary N) is 1. The maximum atomic E-state index is 11.5. The number of nitrogens with zero attached hydrogens (tertiary/aromatic N) is 1. The number of hydrogen-bond donors (Lipinski definition) is 1. The van der Waals surface area contributed by atoms with Crippen LogP contribution in [0.3, 0.4) is 0 Å². The first kappa shape index (κ1) is 13.0. The van der Waals surface area contributed by atoms with Crippen LogP contribution in [0, 0.1) is 5.92 Å². The number of primary amides is 1. The molecule has 1 saturated heterocycles. The molecule has 0 saturated carbocycles. The molecule has 0 unspecified atom stereocenters. The number of ether oxygens (including phenoxy) is 1. The molecule has 2 N–H and O–H groups in total. The summed E-state index contributed by atoms with van der Waals surface area (Å²) in [6.07, 6.45) is 1.49. The van der Waals surface area contributed by atoms with Gasteiger partial charge >= 0.3 is 5.97 Å². The number of piperidine rings is 1. The highest BCUT2D eigenvalue weighted by Crippen LogP contribution is 2.20. The smallest absolute Gasteiger partial charge is 0.309 e. The van der Waals surface area contributed by atoms with Crippen LogP contribution >= 0.6 is 0 Å². The quantitative estimate of drug-likeness (QED) is 0.694. The second-order valence-corrected chi connectivity index (χ2v) is 4.14. The summed E-state index contributed by atoms with van der Waals surface area (Å²) < 4.78 is 4.98. The summed E-state index contributed by atoms with van der Waals surface area (Å²) in [6.45, 7) is 5.49. The van der Waals surface area contributed by atoms with Crippen molar-refractivity contribution in [1.29, 1.82) is 0 Å². The van der Waals surface area contributed by atoms with Gasteiger partial charge in [-0.3, -0.25) is 14.5 Å². The normalized spacial score (nSPS) is 20.4. The number of amides is 1. The molecule has 92 valence electrons. The van der Waals surface area contributed by atoms with Crippen LogP contribution in [0.4, 0.5) is 0 Å². The molecular weight excluding hydrogens is 208 g/mol. The van der Waals surface area contributed by atoms with Gasteiger partial charge in [0.15, 0.2) is 0 Å². The highest BCUT2D eigenvalue weighted by atomic mass is 16.5. The molecule has 0 bridgehead atoms. The van der Waals surface area contributed by atoms with Crippen molar-refractivity contribution in [1.82, 2.24) is 4.90 Å². The van der Waals surface area contributed by atoms with Gasteiger partial charge in [-0.2, -0.15) is 0 Å². The Balaban J connectivity index is 2.39. The van der Waals surface area contributed by atoms with Crippen LogP contribution in [-0.2, 0) is 14.3 Å². The zero-order chi connectivity index (χ0) is 12.1. The van der Waals surface area contributed by atoms with E-state index in [4.69, 9.17) is 10.5 Å². The number of likely N-dealkylation sites (tertiary alicyclic amines) is 1. The Morgan fingerprint density at radius 3 is 2.44 bits per heavy atom. The van der Waals surface area contributed by atoms with E-state index in [-0.39, 0.29) is 23.8 Å². The summed E-state index contributed by atoms with van der Waals surface area (Å²) in [5.74, 6) is -0.445. The zero-order valence-electron chi connectivity index (χ0n) is 9.94. The van der Waals surface area contributed by atoms with Gasteiger partial charge in [0.25, 0.3) is 0 Å². The maximum absolute atomic E-state index is 11.5. The van der Waals surface area contributed by atoms with Gasteiger partial charge in [-0.15, -0.1) is 0 Å². The number of carbonyl (C=O) groups excluding carboxylic acids is 2. The van der Waals surface area contributed by atoms with Crippen molar-refractivity contribution < 1.29 is 14.3 Å². The Bertz CT molecular complexity index is 260. The summed E-state index contributed by atoms with van der Waals surface area (Å²) >= 11 is 0. The van der Waals surface area contributed by atoms with Crippen molar-refractivity contribution in [2.75, 3.05) is 19.7 Å². The van der Waals surface area contributed by atoms with Crippen molar-refractivity contribution >= 4 is 11.9 Å². The van der Waals surface area contributed by atoms with Gasteiger partial charge in [-0.05, 0) is 39.8 Å². The lowest BCUT2D eigenvalue weighted by Gasteiger charge is -2.33. The van der Waals surface area contributed by atoms with Gasteiger partial charge in [0.05, 0.1) is 18.6 Å². The van der Waals surface area contributed by atoms with E-state index >= 15 is 0 Å². The maximum Gasteiger partial charge on any atom is 0.309 e. The van der Waals surface area contributed by atoms with Gasteiger partial charge in [0.1, 0.15) is 0 Å². The van der Waals surface area contributed by atoms with Gasteiger partial charge in [0.2, 0.25) is 5.91 Å². The predicted octanol–water partition coefficient (Wildman–Crippen LogP) is 0.135. The fourth-order valence-corrected chi connectivity index (χ4v) is 1.96. The standard InChI is InChI=1S/C11H20N2O3/c1-3-16-11(15)9-4-6-13(7-5-9)8(2)10(12)14/h8-9H,3-7H2,1-2H3,(H2,12,14)/t8-/m0/s1. The van der Waals surface area contributed by atoms with E-state index in [1.807, 2.05) is 11.8 Å². The summed E-state index contributed by atoms with van der Waals surface area (Å²) in [4.78, 5) is 24.5. The molecule has 1 aliphatic rings. The Labute approximate surface area is 95.9 Å². The third-order valence-electron chi connectivity index (χ3n) is 3.11. The van der Waals surface area contributed by atoms with Crippen LogP contribution in [0.1, 0.15) is 26.7 Å². The molecule has 16 heavy (non-hydrogen) atoms. The monoisotopic (exact) mass is 228 g/mol. The average Bonchev–Trinajstić information content (AvgIpc) is 2.28. The van der Waals surface area contributed by atoms with Gasteiger partial charge in [-0.25, -0.2) is 0 Å². The lowest BCUT2D eigenvalue weighted by atomic mass is 9.96. The number of rotatable bonds is 4. The molecule has 0 aromatic rings. The highest BCUT2D eigenvalue weighted by molar-refractivity contribution is 5.79. The fraction of sp³-hybridized carbons (Fsp3) is 0.818. The first-order valence-electron chi connectivity index (χ1n) is 5.76. The molecule has 0 aromatic carbocycles. The SMILES string of the molecule is CCOC(=O)C1CCN([C@@H](C)C(N)=O)CC1. The molecule has 1 heterocycles. The molecule has 5 heteroatoms. The second kappa shape index (κ2) is 5.84. The van der Waals surface area contributed by atoms with Gasteiger partial charge < -0.3 is 10.5 Å². The summed E-state index contributed by atoms with van der Waals surface area (Å²) in [5, 5.41) is 0.